The predicted molar refractivity (Wildman–Crippen MR) is 77.9 cm³/mol. The van der Waals surface area contributed by atoms with Crippen LogP contribution in [0.4, 0.5) is 11.4 Å². The quantitative estimate of drug-likeness (QED) is 0.767. The monoisotopic (exact) mass is 268 g/mol. The van der Waals surface area contributed by atoms with Crippen LogP contribution in [0.3, 0.4) is 0 Å². The van der Waals surface area contributed by atoms with Crippen molar-refractivity contribution in [1.29, 1.82) is 0 Å². The summed E-state index contributed by atoms with van der Waals surface area (Å²) in [5, 5.41) is 4.30. The molecule has 0 aliphatic heterocycles. The van der Waals surface area contributed by atoms with Gasteiger partial charge in [-0.2, -0.15) is 0 Å². The molecule has 1 aromatic rings. The van der Waals surface area contributed by atoms with E-state index in [1.807, 2.05) is 12.1 Å². The number of anilines is 2. The molecule has 3 nitrogen and oxygen atoms in total. The summed E-state index contributed by atoms with van der Waals surface area (Å²) in [7, 11) is 3.80. The highest BCUT2D eigenvalue weighted by Gasteiger charge is 2.21. The summed E-state index contributed by atoms with van der Waals surface area (Å²) in [6, 6.07) is 6.81. The van der Waals surface area contributed by atoms with E-state index >= 15 is 0 Å². The summed E-state index contributed by atoms with van der Waals surface area (Å²) < 4.78 is 5.07. The van der Waals surface area contributed by atoms with E-state index in [1.54, 1.807) is 7.11 Å². The van der Waals surface area contributed by atoms with Crippen LogP contribution < -0.4 is 10.2 Å². The van der Waals surface area contributed by atoms with Crippen LogP contribution in [-0.2, 0) is 4.74 Å². The molecule has 1 N–H and O–H groups in total. The number of methoxy groups -OCH3 is 1. The third kappa shape index (κ3) is 3.79. The Bertz CT molecular complexity index is 393. The molecular weight excluding hydrogens is 248 g/mol. The maximum absolute atomic E-state index is 6.26. The lowest BCUT2D eigenvalue weighted by Gasteiger charge is -2.21. The molecule has 2 rings (SSSR count). The van der Waals surface area contributed by atoms with E-state index in [-0.39, 0.29) is 0 Å². The van der Waals surface area contributed by atoms with E-state index < -0.39 is 0 Å². The molecular formula is C14H21ClN2O. The van der Waals surface area contributed by atoms with Crippen molar-refractivity contribution in [2.75, 3.05) is 37.5 Å². The molecule has 0 radical (unpaired) electrons. The smallest absolute Gasteiger partial charge is 0.0641 e. The van der Waals surface area contributed by atoms with E-state index in [2.05, 4.69) is 23.3 Å². The van der Waals surface area contributed by atoms with Gasteiger partial charge < -0.3 is 15.0 Å². The fourth-order valence-electron chi connectivity index (χ4n) is 1.92. The molecule has 18 heavy (non-hydrogen) atoms. The standard InChI is InChI=1S/C14H21ClN2O/c1-17(8-3-9-18-2)14-10-12(6-7-13(14)15)16-11-4-5-11/h6-7,10-11,16H,3-5,8-9H2,1-2H3. The second-order valence-corrected chi connectivity index (χ2v) is 5.26. The van der Waals surface area contributed by atoms with Crippen molar-refractivity contribution in [1.82, 2.24) is 0 Å². The second-order valence-electron chi connectivity index (χ2n) is 4.85. The van der Waals surface area contributed by atoms with Gasteiger partial charge in [-0.3, -0.25) is 0 Å². The van der Waals surface area contributed by atoms with Crippen molar-refractivity contribution in [3.8, 4) is 0 Å². The molecule has 0 atom stereocenters. The van der Waals surface area contributed by atoms with Gasteiger partial charge in [0.1, 0.15) is 0 Å². The van der Waals surface area contributed by atoms with Crippen molar-refractivity contribution in [3.63, 3.8) is 0 Å². The Kier molecular flexibility index (Phi) is 4.72. The van der Waals surface area contributed by atoms with Crippen molar-refractivity contribution in [2.45, 2.75) is 25.3 Å². The van der Waals surface area contributed by atoms with Gasteiger partial charge in [0.15, 0.2) is 0 Å². The van der Waals surface area contributed by atoms with Crippen LogP contribution in [0.25, 0.3) is 0 Å². The second kappa shape index (κ2) is 6.30. The Labute approximate surface area is 114 Å². The van der Waals surface area contributed by atoms with E-state index in [0.29, 0.717) is 6.04 Å². The van der Waals surface area contributed by atoms with Crippen molar-refractivity contribution in [3.05, 3.63) is 23.2 Å². The van der Waals surface area contributed by atoms with Gasteiger partial charge in [0, 0.05) is 39.0 Å². The number of benzene rings is 1. The number of nitrogens with one attached hydrogen (secondary N) is 1. The van der Waals surface area contributed by atoms with Crippen LogP contribution >= 0.6 is 11.6 Å². The van der Waals surface area contributed by atoms with Gasteiger partial charge in [-0.05, 0) is 37.5 Å². The first kappa shape index (κ1) is 13.5. The minimum Gasteiger partial charge on any atom is -0.385 e. The Morgan fingerprint density at radius 2 is 2.22 bits per heavy atom. The number of halogens is 1. The zero-order valence-corrected chi connectivity index (χ0v) is 11.8. The zero-order valence-electron chi connectivity index (χ0n) is 11.1. The summed E-state index contributed by atoms with van der Waals surface area (Å²) in [4.78, 5) is 2.18. The summed E-state index contributed by atoms with van der Waals surface area (Å²) in [5.41, 5.74) is 2.24. The van der Waals surface area contributed by atoms with Crippen molar-refractivity contribution < 1.29 is 4.74 Å². The van der Waals surface area contributed by atoms with Gasteiger partial charge in [-0.1, -0.05) is 11.6 Å². The van der Waals surface area contributed by atoms with Crippen LogP contribution in [0.15, 0.2) is 18.2 Å². The molecule has 1 saturated carbocycles. The molecule has 4 heteroatoms. The molecule has 0 unspecified atom stereocenters. The zero-order chi connectivity index (χ0) is 13.0. The Balaban J connectivity index is 1.99. The van der Waals surface area contributed by atoms with Crippen LogP contribution in [0.5, 0.6) is 0 Å². The average molecular weight is 269 g/mol. The number of rotatable bonds is 7. The lowest BCUT2D eigenvalue weighted by molar-refractivity contribution is 0.196. The molecule has 1 aliphatic carbocycles. The SMILES string of the molecule is COCCCN(C)c1cc(NC2CC2)ccc1Cl. The van der Waals surface area contributed by atoms with Gasteiger partial charge in [-0.15, -0.1) is 0 Å². The molecule has 1 aromatic carbocycles. The van der Waals surface area contributed by atoms with Gasteiger partial charge in [0.05, 0.1) is 10.7 Å². The first-order valence-electron chi connectivity index (χ1n) is 6.47. The van der Waals surface area contributed by atoms with Gasteiger partial charge >= 0.3 is 0 Å². The first-order valence-corrected chi connectivity index (χ1v) is 6.84. The molecule has 1 fully saturated rings. The third-order valence-electron chi connectivity index (χ3n) is 3.15. The van der Waals surface area contributed by atoms with Gasteiger partial charge in [0.2, 0.25) is 0 Å². The minimum absolute atomic E-state index is 0.665. The molecule has 0 amide bonds. The topological polar surface area (TPSA) is 24.5 Å². The Morgan fingerprint density at radius 1 is 1.44 bits per heavy atom. The van der Waals surface area contributed by atoms with Crippen LogP contribution in [0.1, 0.15) is 19.3 Å². The average Bonchev–Trinajstić information content (AvgIpc) is 3.16. The lowest BCUT2D eigenvalue weighted by atomic mass is 10.2. The number of ether oxygens (including phenoxy) is 1. The fraction of sp³-hybridized carbons (Fsp3) is 0.571. The van der Waals surface area contributed by atoms with Gasteiger partial charge in [0.25, 0.3) is 0 Å². The van der Waals surface area contributed by atoms with Crippen LogP contribution in [-0.4, -0.2) is 33.4 Å². The van der Waals surface area contributed by atoms with Crippen LogP contribution in [0, 0.1) is 0 Å². The summed E-state index contributed by atoms with van der Waals surface area (Å²) in [6.07, 6.45) is 3.56. The number of hydrogen-bond acceptors (Lipinski definition) is 3. The highest BCUT2D eigenvalue weighted by atomic mass is 35.5. The fourth-order valence-corrected chi connectivity index (χ4v) is 2.19. The lowest BCUT2D eigenvalue weighted by Crippen LogP contribution is -2.20. The largest absolute Gasteiger partial charge is 0.385 e. The molecule has 100 valence electrons. The molecule has 0 aromatic heterocycles. The van der Waals surface area contributed by atoms with Gasteiger partial charge in [-0.25, -0.2) is 0 Å². The molecule has 0 heterocycles. The molecule has 1 aliphatic rings. The highest BCUT2D eigenvalue weighted by Crippen LogP contribution is 2.31. The highest BCUT2D eigenvalue weighted by molar-refractivity contribution is 6.33. The number of hydrogen-bond donors (Lipinski definition) is 1. The predicted octanol–water partition coefficient (Wildman–Crippen LogP) is 3.39. The Hall–Kier alpha value is -0.930. The number of nitrogens with zero attached hydrogens (tertiary/aromatic N) is 1. The summed E-state index contributed by atoms with van der Waals surface area (Å²) in [5.74, 6) is 0. The third-order valence-corrected chi connectivity index (χ3v) is 3.47. The van der Waals surface area contributed by atoms with E-state index in [1.165, 1.54) is 12.8 Å². The first-order chi connectivity index (χ1) is 8.70. The maximum atomic E-state index is 6.26. The van der Waals surface area contributed by atoms with E-state index in [0.717, 1.165) is 36.0 Å². The van der Waals surface area contributed by atoms with Crippen molar-refractivity contribution in [2.24, 2.45) is 0 Å². The molecule has 0 saturated heterocycles. The molecule has 0 bridgehead atoms. The van der Waals surface area contributed by atoms with Crippen molar-refractivity contribution >= 4 is 23.0 Å². The van der Waals surface area contributed by atoms with E-state index in [9.17, 15) is 0 Å². The minimum atomic E-state index is 0.665. The molecule has 0 spiro atoms. The summed E-state index contributed by atoms with van der Waals surface area (Å²) >= 11 is 6.26. The summed E-state index contributed by atoms with van der Waals surface area (Å²) in [6.45, 7) is 1.72. The maximum Gasteiger partial charge on any atom is 0.0641 e. The Morgan fingerprint density at radius 3 is 2.89 bits per heavy atom. The van der Waals surface area contributed by atoms with E-state index in [4.69, 9.17) is 16.3 Å². The van der Waals surface area contributed by atoms with Crippen LogP contribution in [0.2, 0.25) is 5.02 Å². The normalized spacial score (nSPS) is 14.6.